The SMILES string of the molecule is CC(C)(C)C1CCc2nc3sc(C(=O)Nc4ccncc4N)cc3cc2C1. The molecule has 0 fully saturated rings. The van der Waals surface area contributed by atoms with Crippen LogP contribution in [0.25, 0.3) is 10.2 Å². The molecular weight excluding hydrogens is 356 g/mol. The van der Waals surface area contributed by atoms with E-state index in [2.05, 4.69) is 37.1 Å². The first-order valence-corrected chi connectivity index (χ1v) is 10.1. The van der Waals surface area contributed by atoms with Gasteiger partial charge < -0.3 is 11.1 Å². The van der Waals surface area contributed by atoms with Gasteiger partial charge in [0.2, 0.25) is 0 Å². The molecule has 4 rings (SSSR count). The van der Waals surface area contributed by atoms with Crippen molar-refractivity contribution in [3.63, 3.8) is 0 Å². The first-order valence-electron chi connectivity index (χ1n) is 9.24. The van der Waals surface area contributed by atoms with Gasteiger partial charge in [-0.15, -0.1) is 11.3 Å². The summed E-state index contributed by atoms with van der Waals surface area (Å²) >= 11 is 1.43. The molecule has 6 heteroatoms. The second-order valence-electron chi connectivity index (χ2n) is 8.32. The number of hydrogen-bond donors (Lipinski definition) is 2. The van der Waals surface area contributed by atoms with Crippen molar-refractivity contribution in [2.45, 2.75) is 40.0 Å². The minimum absolute atomic E-state index is 0.165. The number of anilines is 2. The Morgan fingerprint density at radius 2 is 2.15 bits per heavy atom. The van der Waals surface area contributed by atoms with Gasteiger partial charge in [0.1, 0.15) is 4.83 Å². The van der Waals surface area contributed by atoms with Crippen LogP contribution in [-0.4, -0.2) is 15.9 Å². The number of aryl methyl sites for hydroxylation is 1. The highest BCUT2D eigenvalue weighted by atomic mass is 32.1. The Morgan fingerprint density at radius 1 is 1.33 bits per heavy atom. The monoisotopic (exact) mass is 380 g/mol. The Balaban J connectivity index is 1.62. The molecule has 27 heavy (non-hydrogen) atoms. The van der Waals surface area contributed by atoms with Crippen molar-refractivity contribution in [3.05, 3.63) is 46.7 Å². The minimum atomic E-state index is -0.165. The number of nitrogens with two attached hydrogens (primary N) is 1. The highest BCUT2D eigenvalue weighted by molar-refractivity contribution is 7.20. The molecule has 1 aliphatic rings. The third kappa shape index (κ3) is 3.54. The fourth-order valence-electron chi connectivity index (χ4n) is 3.68. The molecule has 3 heterocycles. The van der Waals surface area contributed by atoms with Gasteiger partial charge in [-0.25, -0.2) is 4.98 Å². The predicted molar refractivity (Wildman–Crippen MR) is 111 cm³/mol. The van der Waals surface area contributed by atoms with E-state index in [-0.39, 0.29) is 5.91 Å². The molecule has 1 amide bonds. The second kappa shape index (κ2) is 6.60. The molecular formula is C21H24N4OS. The van der Waals surface area contributed by atoms with Crippen LogP contribution in [0.4, 0.5) is 11.4 Å². The number of pyridine rings is 2. The number of thiophene rings is 1. The van der Waals surface area contributed by atoms with Crippen molar-refractivity contribution in [3.8, 4) is 0 Å². The molecule has 1 atom stereocenters. The molecule has 3 aromatic rings. The van der Waals surface area contributed by atoms with Crippen LogP contribution in [0.1, 0.15) is 48.1 Å². The fourth-order valence-corrected chi connectivity index (χ4v) is 4.61. The lowest BCUT2D eigenvalue weighted by Crippen LogP contribution is -2.27. The van der Waals surface area contributed by atoms with E-state index in [1.54, 1.807) is 12.3 Å². The number of carbonyl (C=O) groups is 1. The zero-order valence-corrected chi connectivity index (χ0v) is 16.7. The lowest BCUT2D eigenvalue weighted by atomic mass is 9.71. The summed E-state index contributed by atoms with van der Waals surface area (Å²) in [6.45, 7) is 6.94. The van der Waals surface area contributed by atoms with Gasteiger partial charge in [0, 0.05) is 17.3 Å². The maximum absolute atomic E-state index is 12.6. The standard InChI is InChI=1S/C21H24N4OS/c1-21(2,3)14-4-5-16-12(9-14)8-13-10-18(27-20(13)25-16)19(26)24-17-6-7-23-11-15(17)22/h6-8,10-11,14H,4-5,9,22H2,1-3H3,(H,23,24,26). The Kier molecular flexibility index (Phi) is 4.38. The number of nitrogens with zero attached hydrogens (tertiary/aromatic N) is 2. The Bertz CT molecular complexity index is 1020. The van der Waals surface area contributed by atoms with Crippen LogP contribution in [0.2, 0.25) is 0 Å². The maximum atomic E-state index is 12.6. The summed E-state index contributed by atoms with van der Waals surface area (Å²) in [6.07, 6.45) is 6.39. The van der Waals surface area contributed by atoms with Gasteiger partial charge >= 0.3 is 0 Å². The minimum Gasteiger partial charge on any atom is -0.396 e. The van der Waals surface area contributed by atoms with E-state index in [0.29, 0.717) is 27.6 Å². The Morgan fingerprint density at radius 3 is 2.89 bits per heavy atom. The molecule has 5 nitrogen and oxygen atoms in total. The average Bonchev–Trinajstić information content (AvgIpc) is 3.03. The first kappa shape index (κ1) is 17.9. The van der Waals surface area contributed by atoms with Crippen LogP contribution < -0.4 is 11.1 Å². The predicted octanol–water partition coefficient (Wildman–Crippen LogP) is 4.68. The summed E-state index contributed by atoms with van der Waals surface area (Å²) in [5.74, 6) is 0.502. The summed E-state index contributed by atoms with van der Waals surface area (Å²) in [7, 11) is 0. The summed E-state index contributed by atoms with van der Waals surface area (Å²) < 4.78 is 0. The third-order valence-corrected chi connectivity index (χ3v) is 6.47. The van der Waals surface area contributed by atoms with Crippen LogP contribution in [-0.2, 0) is 12.8 Å². The van der Waals surface area contributed by atoms with E-state index in [4.69, 9.17) is 10.7 Å². The Labute approximate surface area is 163 Å². The highest BCUT2D eigenvalue weighted by Gasteiger charge is 2.29. The van der Waals surface area contributed by atoms with Crippen LogP contribution in [0, 0.1) is 11.3 Å². The summed E-state index contributed by atoms with van der Waals surface area (Å²) in [6, 6.07) is 5.86. The number of nitrogen functional groups attached to an aromatic ring is 1. The van der Waals surface area contributed by atoms with Gasteiger partial charge in [-0.1, -0.05) is 20.8 Å². The molecule has 0 spiro atoms. The van der Waals surface area contributed by atoms with Gasteiger partial charge in [0.25, 0.3) is 5.91 Å². The lowest BCUT2D eigenvalue weighted by Gasteiger charge is -2.34. The van der Waals surface area contributed by atoms with Gasteiger partial charge in [-0.2, -0.15) is 0 Å². The normalized spacial score (nSPS) is 16.9. The maximum Gasteiger partial charge on any atom is 0.265 e. The zero-order valence-electron chi connectivity index (χ0n) is 15.9. The van der Waals surface area contributed by atoms with Crippen molar-refractivity contribution in [1.82, 2.24) is 9.97 Å². The van der Waals surface area contributed by atoms with E-state index in [9.17, 15) is 4.79 Å². The summed E-state index contributed by atoms with van der Waals surface area (Å²) in [4.78, 5) is 23.0. The van der Waals surface area contributed by atoms with E-state index in [0.717, 1.165) is 23.1 Å². The average molecular weight is 381 g/mol. The molecule has 0 aliphatic heterocycles. The van der Waals surface area contributed by atoms with Gasteiger partial charge in [0.05, 0.1) is 22.4 Å². The number of aromatic nitrogens is 2. The molecule has 3 aromatic heterocycles. The van der Waals surface area contributed by atoms with Crippen LogP contribution in [0.15, 0.2) is 30.6 Å². The molecule has 1 unspecified atom stereocenters. The lowest BCUT2D eigenvalue weighted by molar-refractivity contribution is 0.103. The number of carbonyl (C=O) groups excluding carboxylic acids is 1. The van der Waals surface area contributed by atoms with Crippen molar-refractivity contribution < 1.29 is 4.79 Å². The van der Waals surface area contributed by atoms with Crippen molar-refractivity contribution in [1.29, 1.82) is 0 Å². The molecule has 0 bridgehead atoms. The van der Waals surface area contributed by atoms with Crippen LogP contribution in [0.3, 0.4) is 0 Å². The highest BCUT2D eigenvalue weighted by Crippen LogP contribution is 2.38. The smallest absolute Gasteiger partial charge is 0.265 e. The van der Waals surface area contributed by atoms with E-state index in [1.807, 2.05) is 6.07 Å². The molecule has 0 saturated heterocycles. The van der Waals surface area contributed by atoms with Crippen molar-refractivity contribution >= 4 is 38.8 Å². The number of amides is 1. The quantitative estimate of drug-likeness (QED) is 0.676. The van der Waals surface area contributed by atoms with Crippen molar-refractivity contribution in [2.24, 2.45) is 11.3 Å². The van der Waals surface area contributed by atoms with Gasteiger partial charge in [-0.05, 0) is 54.4 Å². The summed E-state index contributed by atoms with van der Waals surface area (Å²) in [5.41, 5.74) is 9.72. The van der Waals surface area contributed by atoms with Gasteiger partial charge in [-0.3, -0.25) is 9.78 Å². The first-order chi connectivity index (χ1) is 12.8. The molecule has 0 aromatic carbocycles. The summed E-state index contributed by atoms with van der Waals surface area (Å²) in [5, 5.41) is 3.91. The van der Waals surface area contributed by atoms with Gasteiger partial charge in [0.15, 0.2) is 0 Å². The van der Waals surface area contributed by atoms with E-state index in [1.165, 1.54) is 35.2 Å². The molecule has 140 valence electrons. The third-order valence-electron chi connectivity index (χ3n) is 5.42. The number of nitrogens with one attached hydrogen (secondary N) is 1. The van der Waals surface area contributed by atoms with E-state index < -0.39 is 0 Å². The van der Waals surface area contributed by atoms with Crippen LogP contribution in [0.5, 0.6) is 0 Å². The van der Waals surface area contributed by atoms with E-state index >= 15 is 0 Å². The number of hydrogen-bond acceptors (Lipinski definition) is 5. The molecule has 1 aliphatic carbocycles. The number of fused-ring (bicyclic) bond motifs is 2. The zero-order chi connectivity index (χ0) is 19.2. The fraction of sp³-hybridized carbons (Fsp3) is 0.381. The Hall–Kier alpha value is -2.47. The van der Waals surface area contributed by atoms with Crippen LogP contribution >= 0.6 is 11.3 Å². The molecule has 0 saturated carbocycles. The second-order valence-corrected chi connectivity index (χ2v) is 9.35. The topological polar surface area (TPSA) is 80.9 Å². The number of rotatable bonds is 2. The molecule has 3 N–H and O–H groups in total. The largest absolute Gasteiger partial charge is 0.396 e. The van der Waals surface area contributed by atoms with Crippen molar-refractivity contribution in [2.75, 3.05) is 11.1 Å². The molecule has 0 radical (unpaired) electrons.